The lowest BCUT2D eigenvalue weighted by Gasteiger charge is -2.34. The average molecular weight is 1400 g/mol. The molecule has 3 aromatic heterocycles. The van der Waals surface area contributed by atoms with Gasteiger partial charge in [0, 0.05) is 69.0 Å². The lowest BCUT2D eigenvalue weighted by Crippen LogP contribution is -2.58. The Morgan fingerprint density at radius 1 is 0.212 bits per heavy atom. The van der Waals surface area contributed by atoms with E-state index < -0.39 is 0 Å². The smallest absolute Gasteiger partial charge is 0.247 e. The molecule has 16 rings (SSSR count). The number of hydrogen-bond donors (Lipinski definition) is 0. The summed E-state index contributed by atoms with van der Waals surface area (Å²) >= 11 is 3.93. The second kappa shape index (κ2) is 23.5. The van der Waals surface area contributed by atoms with Gasteiger partial charge in [0.1, 0.15) is 0 Å². The molecular weight excluding hydrogens is 1290 g/mol. The lowest BCUT2D eigenvalue weighted by molar-refractivity contribution is 0.568. The highest BCUT2D eigenvalue weighted by Gasteiger charge is 2.40. The molecule has 2 aliphatic heterocycles. The Kier molecular flexibility index (Phi) is 15.8. The van der Waals surface area contributed by atoms with Gasteiger partial charge in [0.25, 0.3) is 0 Å². The summed E-state index contributed by atoms with van der Waals surface area (Å²) in [5, 5.41) is 7.63. The van der Waals surface area contributed by atoms with Gasteiger partial charge in [-0.15, -0.1) is 0 Å². The van der Waals surface area contributed by atoms with Crippen molar-refractivity contribution in [1.29, 1.82) is 0 Å². The number of nitrogens with zero attached hydrogens (tertiary/aromatic N) is 3. The summed E-state index contributed by atoms with van der Waals surface area (Å²) in [4.78, 5) is 5.19. The second-order valence-corrected chi connectivity index (χ2v) is 41.1. The van der Waals surface area contributed by atoms with Crippen molar-refractivity contribution in [3.05, 3.63) is 239 Å². The molecule has 0 amide bonds. The van der Waals surface area contributed by atoms with Crippen molar-refractivity contribution in [1.82, 2.24) is 13.7 Å². The molecule has 0 saturated carbocycles. The molecule has 3 nitrogen and oxygen atoms in total. The summed E-state index contributed by atoms with van der Waals surface area (Å²) in [6, 6.07) is 78.4. The highest BCUT2D eigenvalue weighted by atomic mass is 32.2. The summed E-state index contributed by atoms with van der Waals surface area (Å²) in [6.45, 7) is 56.3. The first kappa shape index (κ1) is 69.9. The monoisotopic (exact) mass is 1400 g/mol. The third-order valence-electron chi connectivity index (χ3n) is 23.0. The fourth-order valence-electron chi connectivity index (χ4n) is 16.3. The van der Waals surface area contributed by atoms with Crippen molar-refractivity contribution >= 4 is 112 Å². The van der Waals surface area contributed by atoms with E-state index in [2.05, 4.69) is 374 Å². The molecule has 14 aromatic rings. The minimum absolute atomic E-state index is 0.0171. The van der Waals surface area contributed by atoms with E-state index in [4.69, 9.17) is 0 Å². The predicted molar refractivity (Wildman–Crippen MR) is 456 cm³/mol. The van der Waals surface area contributed by atoms with E-state index in [-0.39, 0.29) is 50.0 Å². The summed E-state index contributed by atoms with van der Waals surface area (Å²) < 4.78 is 7.82. The van der Waals surface area contributed by atoms with Gasteiger partial charge in [0.05, 0.1) is 33.1 Å². The zero-order chi connectivity index (χ0) is 74.0. The molecule has 0 fully saturated rings. The van der Waals surface area contributed by atoms with Crippen LogP contribution in [-0.2, 0) is 43.3 Å². The maximum absolute atomic E-state index is 2.65. The van der Waals surface area contributed by atoms with Crippen LogP contribution in [0.25, 0.3) is 105 Å². The molecule has 0 atom stereocenters. The van der Waals surface area contributed by atoms with Gasteiger partial charge in [-0.3, -0.25) is 0 Å². The summed E-state index contributed by atoms with van der Waals surface area (Å²) in [7, 11) is 0. The Hall–Kier alpha value is -8.42. The first-order valence-corrected chi connectivity index (χ1v) is 39.6. The highest BCUT2D eigenvalue weighted by Crippen LogP contribution is 2.48. The van der Waals surface area contributed by atoms with Crippen LogP contribution in [0, 0.1) is 0 Å². The van der Waals surface area contributed by atoms with Gasteiger partial charge in [-0.05, 0) is 188 Å². The Balaban J connectivity index is 0.976. The quantitative estimate of drug-likeness (QED) is 0.160. The Morgan fingerprint density at radius 3 is 0.740 bits per heavy atom. The van der Waals surface area contributed by atoms with Crippen molar-refractivity contribution in [2.75, 3.05) is 0 Å². The van der Waals surface area contributed by atoms with Gasteiger partial charge < -0.3 is 13.7 Å². The van der Waals surface area contributed by atoms with Crippen molar-refractivity contribution in [2.24, 2.45) is 0 Å². The van der Waals surface area contributed by atoms with Crippen molar-refractivity contribution in [3.63, 3.8) is 0 Å². The minimum atomic E-state index is -0.0386. The molecule has 0 N–H and O–H groups in total. The fourth-order valence-corrected chi connectivity index (χ4v) is 18.8. The summed E-state index contributed by atoms with van der Waals surface area (Å²) in [5.41, 5.74) is 30.4. The average Bonchev–Trinajstić information content (AvgIpc) is 1.07. The van der Waals surface area contributed by atoms with E-state index in [1.807, 2.05) is 23.5 Å². The first-order chi connectivity index (χ1) is 48.5. The molecule has 0 saturated heterocycles. The van der Waals surface area contributed by atoms with Gasteiger partial charge in [-0.25, -0.2) is 0 Å². The van der Waals surface area contributed by atoms with Crippen LogP contribution in [0.5, 0.6) is 0 Å². The van der Waals surface area contributed by atoms with E-state index in [1.54, 1.807) is 0 Å². The number of rotatable bonds is 5. The molecule has 5 heterocycles. The number of benzene rings is 11. The second-order valence-electron chi connectivity index (χ2n) is 38.9. The third-order valence-corrected chi connectivity index (χ3v) is 25.2. The summed E-state index contributed by atoms with van der Waals surface area (Å²) in [6.07, 6.45) is 0. The first-order valence-electron chi connectivity index (χ1n) is 38.0. The van der Waals surface area contributed by atoms with Crippen LogP contribution in [0.15, 0.2) is 214 Å². The molecule has 526 valence electrons. The zero-order valence-electron chi connectivity index (χ0n) is 66.2. The lowest BCUT2D eigenvalue weighted by atomic mass is 9.36. The third kappa shape index (κ3) is 11.9. The zero-order valence-corrected chi connectivity index (χ0v) is 67.8. The molecule has 0 spiro atoms. The van der Waals surface area contributed by atoms with E-state index in [0.29, 0.717) is 0 Å². The SMILES string of the molecule is CC(C)(C)c1cc(-c2ccc3c4ccc(-c5cc(C(C)(C)C)cc(C(C)(C)C)c5)cc4n(-c4cc5c6c(c4)Sc4cc(-n7c8cc(C(C)(C)C)ccc8c8ccc(C(C)(C)C)cc87)ccc4B6c4ccc(-n6c7cc(C(C)(C)C)ccc7c7ccc(C(C)(C)C)cc76)cc4S5)c3c2)cc(C(C)(C)C)c1. The van der Waals surface area contributed by atoms with E-state index in [9.17, 15) is 0 Å². The number of fused-ring (bicyclic) bond motifs is 13. The molecule has 0 aliphatic carbocycles. The van der Waals surface area contributed by atoms with E-state index in [0.717, 1.165) is 0 Å². The maximum Gasteiger partial charge on any atom is 0.247 e. The molecule has 104 heavy (non-hydrogen) atoms. The van der Waals surface area contributed by atoms with Crippen LogP contribution in [0.2, 0.25) is 0 Å². The standard InChI is InChI=1S/C98H104BN3S2/c1-91(2,3)61-27-35-74-75-36-28-62(92(4,5)6)50-83(75)100(82(74)49-61)69-31-39-78-86(53-69)103-88-55-71(56-89-90(88)99(78)79-40-32-70(54-87(79)104-89)101-84-51-63(93(7,8)9)29-37-76(84)77-38-30-64(52-85(77)101)94(10,11)12)102-80-45-57(59-41-65(95(13,14)15)47-66(42-59)96(16,17)18)25-33-72(80)73-34-26-58(46-81(73)102)60-43-67(97(19,20)21)48-68(44-60)98(22,23)24/h25-56H,1-24H3. The predicted octanol–water partition coefficient (Wildman–Crippen LogP) is 26.1. The van der Waals surface area contributed by atoms with Crippen LogP contribution in [0.1, 0.15) is 211 Å². The van der Waals surface area contributed by atoms with Crippen molar-refractivity contribution in [2.45, 2.75) is 229 Å². The van der Waals surface area contributed by atoms with Crippen LogP contribution < -0.4 is 16.4 Å². The molecule has 11 aromatic carbocycles. The van der Waals surface area contributed by atoms with Gasteiger partial charge >= 0.3 is 0 Å². The molecule has 2 aliphatic rings. The number of hydrogen-bond acceptors (Lipinski definition) is 2. The van der Waals surface area contributed by atoms with Crippen LogP contribution in [0.4, 0.5) is 0 Å². The van der Waals surface area contributed by atoms with Gasteiger partial charge in [-0.1, -0.05) is 322 Å². The van der Waals surface area contributed by atoms with Crippen LogP contribution >= 0.6 is 23.5 Å². The van der Waals surface area contributed by atoms with E-state index >= 15 is 0 Å². The molecule has 6 heteroatoms. The highest BCUT2D eigenvalue weighted by molar-refractivity contribution is 8.01. The van der Waals surface area contributed by atoms with E-state index in [1.165, 1.54) is 185 Å². The molecule has 0 bridgehead atoms. The van der Waals surface area contributed by atoms with Crippen molar-refractivity contribution in [3.8, 4) is 39.3 Å². The van der Waals surface area contributed by atoms with Crippen LogP contribution in [0.3, 0.4) is 0 Å². The largest absolute Gasteiger partial charge is 0.309 e. The Labute approximate surface area is 628 Å². The van der Waals surface area contributed by atoms with Crippen molar-refractivity contribution < 1.29 is 0 Å². The maximum atomic E-state index is 2.65. The fraction of sp³-hybridized carbons (Fsp3) is 0.327. The summed E-state index contributed by atoms with van der Waals surface area (Å²) in [5.74, 6) is 0. The molecular formula is C98H104BN3S2. The topological polar surface area (TPSA) is 14.8 Å². The Morgan fingerprint density at radius 2 is 0.462 bits per heavy atom. The minimum Gasteiger partial charge on any atom is -0.309 e. The molecule has 0 radical (unpaired) electrons. The molecule has 0 unspecified atom stereocenters. The van der Waals surface area contributed by atoms with Gasteiger partial charge in [-0.2, -0.15) is 0 Å². The normalized spacial score (nSPS) is 14.1. The van der Waals surface area contributed by atoms with Crippen LogP contribution in [-0.4, -0.2) is 20.4 Å². The van der Waals surface area contributed by atoms with Gasteiger partial charge in [0.15, 0.2) is 0 Å². The number of aromatic nitrogens is 3. The Bertz CT molecular complexity index is 5370. The van der Waals surface area contributed by atoms with Gasteiger partial charge in [0.2, 0.25) is 6.71 Å².